The SMILES string of the molecule is CC(C)[C@@H](NC(=O)OCc1ccccc1)C(=O)N(C)Cc1ccccc1. The van der Waals surface area contributed by atoms with Crippen LogP contribution in [0.25, 0.3) is 0 Å². The van der Waals surface area contributed by atoms with Crippen LogP contribution in [0, 0.1) is 5.92 Å². The van der Waals surface area contributed by atoms with Crippen LogP contribution in [0.3, 0.4) is 0 Å². The highest BCUT2D eigenvalue weighted by Gasteiger charge is 2.27. The average Bonchev–Trinajstić information content (AvgIpc) is 2.65. The Labute approximate surface area is 155 Å². The van der Waals surface area contributed by atoms with Gasteiger partial charge in [0.1, 0.15) is 12.6 Å². The van der Waals surface area contributed by atoms with E-state index in [0.29, 0.717) is 6.54 Å². The topological polar surface area (TPSA) is 58.6 Å². The number of nitrogens with one attached hydrogen (secondary N) is 1. The molecule has 5 heteroatoms. The number of hydrogen-bond acceptors (Lipinski definition) is 3. The number of amides is 2. The second-order valence-corrected chi connectivity index (χ2v) is 6.61. The summed E-state index contributed by atoms with van der Waals surface area (Å²) in [4.78, 5) is 26.5. The summed E-state index contributed by atoms with van der Waals surface area (Å²) in [6, 6.07) is 18.5. The third-order valence-electron chi connectivity index (χ3n) is 4.06. The fraction of sp³-hybridized carbons (Fsp3) is 0.333. The maximum Gasteiger partial charge on any atom is 0.408 e. The van der Waals surface area contributed by atoms with Crippen molar-refractivity contribution in [1.29, 1.82) is 0 Å². The Morgan fingerprint density at radius 1 is 0.962 bits per heavy atom. The number of carbonyl (C=O) groups is 2. The summed E-state index contributed by atoms with van der Waals surface area (Å²) in [5.74, 6) is -0.189. The van der Waals surface area contributed by atoms with Crippen molar-refractivity contribution >= 4 is 12.0 Å². The first kappa shape index (κ1) is 19.5. The van der Waals surface area contributed by atoms with E-state index in [2.05, 4.69) is 5.32 Å². The highest BCUT2D eigenvalue weighted by Crippen LogP contribution is 2.10. The van der Waals surface area contributed by atoms with Crippen LogP contribution in [0.1, 0.15) is 25.0 Å². The molecule has 2 amide bonds. The molecule has 138 valence electrons. The lowest BCUT2D eigenvalue weighted by atomic mass is 10.0. The van der Waals surface area contributed by atoms with Crippen molar-refractivity contribution in [3.05, 3.63) is 71.8 Å². The van der Waals surface area contributed by atoms with E-state index in [1.807, 2.05) is 74.5 Å². The van der Waals surface area contributed by atoms with Crippen LogP contribution >= 0.6 is 0 Å². The molecule has 0 radical (unpaired) electrons. The van der Waals surface area contributed by atoms with Gasteiger partial charge < -0.3 is 15.0 Å². The second kappa shape index (κ2) is 9.61. The number of benzene rings is 2. The summed E-state index contributed by atoms with van der Waals surface area (Å²) in [5, 5.41) is 2.70. The van der Waals surface area contributed by atoms with E-state index in [9.17, 15) is 9.59 Å². The van der Waals surface area contributed by atoms with Gasteiger partial charge in [-0.25, -0.2) is 4.79 Å². The Morgan fingerprint density at radius 3 is 2.04 bits per heavy atom. The minimum atomic E-state index is -0.632. The van der Waals surface area contributed by atoms with Crippen LogP contribution in [-0.2, 0) is 22.7 Å². The lowest BCUT2D eigenvalue weighted by molar-refractivity contribution is -0.133. The second-order valence-electron chi connectivity index (χ2n) is 6.61. The van der Waals surface area contributed by atoms with E-state index in [1.54, 1.807) is 11.9 Å². The standard InChI is InChI=1S/C21H26N2O3/c1-16(2)19(20(24)23(3)14-17-10-6-4-7-11-17)22-21(25)26-15-18-12-8-5-9-13-18/h4-13,16,19H,14-15H2,1-3H3,(H,22,25)/t19-/m1/s1. The molecular formula is C21H26N2O3. The number of ether oxygens (including phenoxy) is 1. The molecule has 2 aromatic carbocycles. The fourth-order valence-electron chi connectivity index (χ4n) is 2.58. The lowest BCUT2D eigenvalue weighted by Gasteiger charge is -2.27. The van der Waals surface area contributed by atoms with E-state index < -0.39 is 12.1 Å². The van der Waals surface area contributed by atoms with Crippen molar-refractivity contribution in [2.75, 3.05) is 7.05 Å². The van der Waals surface area contributed by atoms with Crippen molar-refractivity contribution in [2.24, 2.45) is 5.92 Å². The molecule has 0 aliphatic rings. The molecule has 1 atom stereocenters. The third kappa shape index (κ3) is 5.92. The third-order valence-corrected chi connectivity index (χ3v) is 4.06. The molecule has 5 nitrogen and oxygen atoms in total. The van der Waals surface area contributed by atoms with E-state index in [0.717, 1.165) is 11.1 Å². The normalized spacial score (nSPS) is 11.7. The number of alkyl carbamates (subject to hydrolysis) is 1. The first-order valence-electron chi connectivity index (χ1n) is 8.73. The highest BCUT2D eigenvalue weighted by atomic mass is 16.5. The molecule has 2 rings (SSSR count). The molecule has 26 heavy (non-hydrogen) atoms. The summed E-state index contributed by atoms with van der Waals surface area (Å²) in [5.41, 5.74) is 1.94. The van der Waals surface area contributed by atoms with Gasteiger partial charge in [0.2, 0.25) is 5.91 Å². The van der Waals surface area contributed by atoms with Gasteiger partial charge in [-0.2, -0.15) is 0 Å². The van der Waals surface area contributed by atoms with Crippen LogP contribution in [0.4, 0.5) is 4.79 Å². The predicted molar refractivity (Wildman–Crippen MR) is 101 cm³/mol. The fourth-order valence-corrected chi connectivity index (χ4v) is 2.58. The summed E-state index contributed by atoms with van der Waals surface area (Å²) in [7, 11) is 1.74. The van der Waals surface area contributed by atoms with Crippen LogP contribution in [0.15, 0.2) is 60.7 Å². The minimum absolute atomic E-state index is 0.0509. The number of carbonyl (C=O) groups excluding carboxylic acids is 2. The Morgan fingerprint density at radius 2 is 1.50 bits per heavy atom. The summed E-state index contributed by atoms with van der Waals surface area (Å²) in [6.07, 6.45) is -0.589. The van der Waals surface area contributed by atoms with Crippen molar-refractivity contribution in [1.82, 2.24) is 10.2 Å². The van der Waals surface area contributed by atoms with Crippen LogP contribution in [-0.4, -0.2) is 30.0 Å². The Kier molecular flexibility index (Phi) is 7.21. The number of nitrogens with zero attached hydrogens (tertiary/aromatic N) is 1. The van der Waals surface area contributed by atoms with Crippen molar-refractivity contribution < 1.29 is 14.3 Å². The summed E-state index contributed by atoms with van der Waals surface area (Å²) >= 11 is 0. The van der Waals surface area contributed by atoms with Gasteiger partial charge in [0.25, 0.3) is 0 Å². The maximum atomic E-state index is 12.8. The van der Waals surface area contributed by atoms with Gasteiger partial charge in [0.15, 0.2) is 0 Å². The zero-order chi connectivity index (χ0) is 18.9. The van der Waals surface area contributed by atoms with E-state index >= 15 is 0 Å². The molecule has 1 N–H and O–H groups in total. The monoisotopic (exact) mass is 354 g/mol. The molecule has 0 spiro atoms. The van der Waals surface area contributed by atoms with Crippen LogP contribution in [0.5, 0.6) is 0 Å². The Balaban J connectivity index is 1.92. The zero-order valence-corrected chi connectivity index (χ0v) is 15.5. The Hall–Kier alpha value is -2.82. The van der Waals surface area contributed by atoms with Gasteiger partial charge >= 0.3 is 6.09 Å². The van der Waals surface area contributed by atoms with Gasteiger partial charge in [0, 0.05) is 13.6 Å². The van der Waals surface area contributed by atoms with Crippen molar-refractivity contribution in [3.8, 4) is 0 Å². The number of rotatable bonds is 7. The average molecular weight is 354 g/mol. The zero-order valence-electron chi connectivity index (χ0n) is 15.5. The maximum absolute atomic E-state index is 12.8. The molecule has 0 fully saturated rings. The van der Waals surface area contributed by atoms with Crippen LogP contribution < -0.4 is 5.32 Å². The summed E-state index contributed by atoms with van der Waals surface area (Å²) in [6.45, 7) is 4.46. The lowest BCUT2D eigenvalue weighted by Crippen LogP contribution is -2.50. The van der Waals surface area contributed by atoms with E-state index in [1.165, 1.54) is 0 Å². The Bertz CT molecular complexity index is 702. The molecule has 0 saturated carbocycles. The summed E-state index contributed by atoms with van der Waals surface area (Å²) < 4.78 is 5.24. The quantitative estimate of drug-likeness (QED) is 0.826. The van der Waals surface area contributed by atoms with Gasteiger partial charge in [-0.3, -0.25) is 4.79 Å². The number of hydrogen-bond donors (Lipinski definition) is 1. The molecule has 0 aromatic heterocycles. The smallest absolute Gasteiger partial charge is 0.408 e. The van der Waals surface area contributed by atoms with Gasteiger partial charge in [0.05, 0.1) is 0 Å². The molecule has 0 unspecified atom stereocenters. The highest BCUT2D eigenvalue weighted by molar-refractivity contribution is 5.85. The molecule has 0 aliphatic heterocycles. The van der Waals surface area contributed by atoms with Gasteiger partial charge in [-0.1, -0.05) is 74.5 Å². The molecule has 0 saturated heterocycles. The van der Waals surface area contributed by atoms with Crippen molar-refractivity contribution in [2.45, 2.75) is 33.0 Å². The molecular weight excluding hydrogens is 328 g/mol. The molecule has 2 aromatic rings. The van der Waals surface area contributed by atoms with Gasteiger partial charge in [-0.05, 0) is 17.0 Å². The molecule has 0 bridgehead atoms. The number of likely N-dealkylation sites (N-methyl/N-ethyl adjacent to an activating group) is 1. The largest absolute Gasteiger partial charge is 0.445 e. The molecule has 0 heterocycles. The molecule has 0 aliphatic carbocycles. The first-order chi connectivity index (χ1) is 12.5. The van der Waals surface area contributed by atoms with Crippen LogP contribution in [0.2, 0.25) is 0 Å². The predicted octanol–water partition coefficient (Wildman–Crippen LogP) is 3.60. The van der Waals surface area contributed by atoms with E-state index in [-0.39, 0.29) is 18.4 Å². The first-order valence-corrected chi connectivity index (χ1v) is 8.73. The minimum Gasteiger partial charge on any atom is -0.445 e. The van der Waals surface area contributed by atoms with Crippen molar-refractivity contribution in [3.63, 3.8) is 0 Å². The van der Waals surface area contributed by atoms with E-state index in [4.69, 9.17) is 4.74 Å². The van der Waals surface area contributed by atoms with Gasteiger partial charge in [-0.15, -0.1) is 0 Å².